The van der Waals surface area contributed by atoms with E-state index in [1.165, 1.54) is 23.5 Å². The summed E-state index contributed by atoms with van der Waals surface area (Å²) >= 11 is 7.40. The van der Waals surface area contributed by atoms with Crippen molar-refractivity contribution < 1.29 is 9.18 Å². The van der Waals surface area contributed by atoms with E-state index in [0.29, 0.717) is 34.4 Å². The lowest BCUT2D eigenvalue weighted by Gasteiger charge is -2.13. The average Bonchev–Trinajstić information content (AvgIpc) is 3.21. The van der Waals surface area contributed by atoms with Crippen LogP contribution in [0.2, 0.25) is 5.02 Å². The first-order valence-electron chi connectivity index (χ1n) is 8.09. The molecule has 0 aliphatic carbocycles. The summed E-state index contributed by atoms with van der Waals surface area (Å²) in [7, 11) is 1.77. The van der Waals surface area contributed by atoms with Gasteiger partial charge in [0.15, 0.2) is 10.8 Å². The third kappa shape index (κ3) is 4.17. The van der Waals surface area contributed by atoms with Gasteiger partial charge in [0.05, 0.1) is 11.2 Å². The minimum Gasteiger partial charge on any atom is -0.330 e. The predicted octanol–water partition coefficient (Wildman–Crippen LogP) is 3.73. The molecule has 5 nitrogen and oxygen atoms in total. The molecule has 0 bridgehead atoms. The van der Waals surface area contributed by atoms with E-state index in [2.05, 4.69) is 10.1 Å². The van der Waals surface area contributed by atoms with Crippen molar-refractivity contribution in [1.29, 1.82) is 0 Å². The molecule has 2 aromatic heterocycles. The quantitative estimate of drug-likeness (QED) is 0.622. The Balaban J connectivity index is 1.71. The Hall–Kier alpha value is -2.09. The van der Waals surface area contributed by atoms with E-state index in [0.717, 1.165) is 5.56 Å². The Morgan fingerprint density at radius 2 is 2.27 bits per heavy atom. The number of aromatic nitrogens is 3. The van der Waals surface area contributed by atoms with Gasteiger partial charge in [0.25, 0.3) is 0 Å². The molecule has 136 valence electrons. The highest BCUT2D eigenvalue weighted by Gasteiger charge is 2.20. The number of ketones is 1. The number of nitrogens with zero attached hydrogens (tertiary/aromatic N) is 3. The SMILES string of the molecule is Cn1ncc(Cl)c1-c1csc(C(=O)C[C@H](CN)Cc2cccc(F)c2)n1. The molecule has 1 aromatic carbocycles. The second-order valence-corrected chi connectivity index (χ2v) is 7.33. The van der Waals surface area contributed by atoms with Crippen molar-refractivity contribution in [1.82, 2.24) is 14.8 Å². The molecule has 0 unspecified atom stereocenters. The summed E-state index contributed by atoms with van der Waals surface area (Å²) in [6.07, 6.45) is 2.35. The standard InChI is InChI=1S/C18H18ClFN4OS/c1-24-17(14(19)9-22-24)15-10-26-18(23-15)16(25)7-12(8-21)5-11-3-2-4-13(20)6-11/h2-4,6,9-10,12H,5,7-8,21H2,1H3/t12-/m1/s1. The van der Waals surface area contributed by atoms with Crippen LogP contribution in [-0.2, 0) is 13.5 Å². The van der Waals surface area contributed by atoms with Gasteiger partial charge in [-0.3, -0.25) is 9.48 Å². The van der Waals surface area contributed by atoms with E-state index in [-0.39, 0.29) is 23.9 Å². The highest BCUT2D eigenvalue weighted by atomic mass is 35.5. The van der Waals surface area contributed by atoms with Crippen LogP contribution < -0.4 is 5.73 Å². The molecule has 26 heavy (non-hydrogen) atoms. The number of rotatable bonds is 7. The largest absolute Gasteiger partial charge is 0.330 e. The van der Waals surface area contributed by atoms with E-state index in [4.69, 9.17) is 17.3 Å². The predicted molar refractivity (Wildman–Crippen MR) is 101 cm³/mol. The summed E-state index contributed by atoms with van der Waals surface area (Å²) in [6, 6.07) is 6.36. The lowest BCUT2D eigenvalue weighted by molar-refractivity contribution is 0.0962. The molecule has 0 fully saturated rings. The van der Waals surface area contributed by atoms with E-state index in [9.17, 15) is 9.18 Å². The molecule has 3 aromatic rings. The number of carbonyl (C=O) groups is 1. The maximum atomic E-state index is 13.3. The van der Waals surface area contributed by atoms with Gasteiger partial charge in [-0.05, 0) is 36.6 Å². The van der Waals surface area contributed by atoms with Crippen LogP contribution in [-0.4, -0.2) is 27.1 Å². The minimum absolute atomic E-state index is 0.0723. The summed E-state index contributed by atoms with van der Waals surface area (Å²) in [4.78, 5) is 17.0. The molecule has 0 aliphatic heterocycles. The average molecular weight is 393 g/mol. The number of thiazole rings is 1. The molecule has 0 amide bonds. The van der Waals surface area contributed by atoms with Crippen molar-refractivity contribution in [2.75, 3.05) is 6.54 Å². The molecule has 0 saturated carbocycles. The third-order valence-corrected chi connectivity index (χ3v) is 5.26. The van der Waals surface area contributed by atoms with E-state index < -0.39 is 0 Å². The van der Waals surface area contributed by atoms with E-state index in [1.54, 1.807) is 29.4 Å². The number of hydrogen-bond acceptors (Lipinski definition) is 5. The maximum Gasteiger partial charge on any atom is 0.191 e. The highest BCUT2D eigenvalue weighted by Crippen LogP contribution is 2.29. The van der Waals surface area contributed by atoms with Crippen LogP contribution in [0.25, 0.3) is 11.4 Å². The first kappa shape index (κ1) is 18.7. The number of nitrogens with two attached hydrogens (primary N) is 1. The Kier molecular flexibility index (Phi) is 5.80. The van der Waals surface area contributed by atoms with Crippen molar-refractivity contribution in [3.05, 3.63) is 57.3 Å². The van der Waals surface area contributed by atoms with Crippen LogP contribution in [0.15, 0.2) is 35.8 Å². The zero-order valence-corrected chi connectivity index (χ0v) is 15.7. The molecule has 0 radical (unpaired) electrons. The number of halogens is 2. The number of Topliss-reactive ketones (excluding diaryl/α,β-unsaturated/α-hetero) is 1. The van der Waals surface area contributed by atoms with Gasteiger partial charge >= 0.3 is 0 Å². The van der Waals surface area contributed by atoms with Crippen LogP contribution >= 0.6 is 22.9 Å². The molecule has 0 spiro atoms. The molecule has 3 rings (SSSR count). The van der Waals surface area contributed by atoms with Gasteiger partial charge < -0.3 is 5.73 Å². The smallest absolute Gasteiger partial charge is 0.191 e. The number of benzene rings is 1. The Morgan fingerprint density at radius 3 is 2.92 bits per heavy atom. The van der Waals surface area contributed by atoms with Gasteiger partial charge in [-0.1, -0.05) is 23.7 Å². The van der Waals surface area contributed by atoms with Gasteiger partial charge in [0.2, 0.25) is 0 Å². The monoisotopic (exact) mass is 392 g/mol. The molecule has 8 heteroatoms. The van der Waals surface area contributed by atoms with E-state index in [1.807, 2.05) is 6.07 Å². The topological polar surface area (TPSA) is 73.8 Å². The molecule has 0 saturated heterocycles. The van der Waals surface area contributed by atoms with Crippen LogP contribution in [0, 0.1) is 11.7 Å². The Morgan fingerprint density at radius 1 is 1.46 bits per heavy atom. The summed E-state index contributed by atoms with van der Waals surface area (Å²) in [5, 5.41) is 6.77. The number of carbonyl (C=O) groups excluding carboxylic acids is 1. The Bertz CT molecular complexity index is 904. The maximum absolute atomic E-state index is 13.3. The zero-order valence-electron chi connectivity index (χ0n) is 14.2. The van der Waals surface area contributed by atoms with Gasteiger partial charge in [-0.25, -0.2) is 9.37 Å². The van der Waals surface area contributed by atoms with Gasteiger partial charge in [-0.15, -0.1) is 11.3 Å². The lowest BCUT2D eigenvalue weighted by Crippen LogP contribution is -2.20. The van der Waals surface area contributed by atoms with Crippen LogP contribution in [0.1, 0.15) is 21.8 Å². The van der Waals surface area contributed by atoms with Crippen molar-refractivity contribution >= 4 is 28.7 Å². The molecule has 1 atom stereocenters. The van der Waals surface area contributed by atoms with Crippen LogP contribution in [0.5, 0.6) is 0 Å². The van der Waals surface area contributed by atoms with Gasteiger partial charge in [0, 0.05) is 18.8 Å². The summed E-state index contributed by atoms with van der Waals surface area (Å²) in [5.74, 6) is -0.439. The van der Waals surface area contributed by atoms with Crippen LogP contribution in [0.3, 0.4) is 0 Å². The third-order valence-electron chi connectivity index (χ3n) is 4.10. The van der Waals surface area contributed by atoms with Crippen molar-refractivity contribution in [2.45, 2.75) is 12.8 Å². The number of aryl methyl sites for hydroxylation is 1. The molecular weight excluding hydrogens is 375 g/mol. The Labute approximate surface area is 159 Å². The second-order valence-electron chi connectivity index (χ2n) is 6.07. The molecule has 0 aliphatic rings. The van der Waals surface area contributed by atoms with Crippen LogP contribution in [0.4, 0.5) is 4.39 Å². The minimum atomic E-state index is -0.290. The summed E-state index contributed by atoms with van der Waals surface area (Å²) in [5.41, 5.74) is 7.94. The zero-order chi connectivity index (χ0) is 18.7. The van der Waals surface area contributed by atoms with Crippen molar-refractivity contribution in [2.24, 2.45) is 18.7 Å². The lowest BCUT2D eigenvalue weighted by atomic mass is 9.94. The van der Waals surface area contributed by atoms with Gasteiger partial charge in [0.1, 0.15) is 17.2 Å². The molecule has 2 N–H and O–H groups in total. The second kappa shape index (κ2) is 8.07. The molecular formula is C18H18ClFN4OS. The fraction of sp³-hybridized carbons (Fsp3) is 0.278. The van der Waals surface area contributed by atoms with Crippen molar-refractivity contribution in [3.63, 3.8) is 0 Å². The molecule has 2 heterocycles. The first-order chi connectivity index (χ1) is 12.5. The number of hydrogen-bond donors (Lipinski definition) is 1. The fourth-order valence-corrected chi connectivity index (χ4v) is 3.81. The van der Waals surface area contributed by atoms with E-state index >= 15 is 0 Å². The summed E-state index contributed by atoms with van der Waals surface area (Å²) in [6.45, 7) is 0.341. The highest BCUT2D eigenvalue weighted by molar-refractivity contribution is 7.12. The fourth-order valence-electron chi connectivity index (χ4n) is 2.80. The first-order valence-corrected chi connectivity index (χ1v) is 9.34. The van der Waals surface area contributed by atoms with Gasteiger partial charge in [-0.2, -0.15) is 5.10 Å². The summed E-state index contributed by atoms with van der Waals surface area (Å²) < 4.78 is 15.0. The van der Waals surface area contributed by atoms with Crippen molar-refractivity contribution in [3.8, 4) is 11.4 Å². The normalized spacial score (nSPS) is 12.3.